The van der Waals surface area contributed by atoms with E-state index in [0.717, 1.165) is 15.9 Å². The number of nitrogens with zero attached hydrogens (tertiary/aromatic N) is 7. The fraction of sp³-hybridized carbons (Fsp3) is 0.286. The number of aryl methyl sites for hydroxylation is 1. The van der Waals surface area contributed by atoms with Crippen LogP contribution in [0, 0.1) is 5.82 Å². The second kappa shape index (κ2) is 8.54. The van der Waals surface area contributed by atoms with Crippen LogP contribution in [0.1, 0.15) is 17.3 Å². The number of halogens is 1. The van der Waals surface area contributed by atoms with E-state index in [2.05, 4.69) is 20.5 Å². The van der Waals surface area contributed by atoms with E-state index < -0.39 is 17.2 Å². The summed E-state index contributed by atoms with van der Waals surface area (Å²) in [6.45, 7) is 0.148. The minimum absolute atomic E-state index is 0.106. The molecule has 2 amide bonds. The van der Waals surface area contributed by atoms with Gasteiger partial charge in [0.15, 0.2) is 11.2 Å². The van der Waals surface area contributed by atoms with Crippen LogP contribution in [-0.2, 0) is 30.2 Å². The predicted octanol–water partition coefficient (Wildman–Crippen LogP) is 0.583. The van der Waals surface area contributed by atoms with Gasteiger partial charge in [-0.1, -0.05) is 11.3 Å². The van der Waals surface area contributed by atoms with Crippen molar-refractivity contribution in [1.29, 1.82) is 0 Å². The molecular formula is C21H19FN8O4S. The molecule has 0 aliphatic carbocycles. The molecular weight excluding hydrogens is 479 g/mol. The molecule has 1 aliphatic heterocycles. The zero-order valence-electron chi connectivity index (χ0n) is 18.6. The van der Waals surface area contributed by atoms with Crippen molar-refractivity contribution in [3.05, 3.63) is 62.3 Å². The Hall–Kier alpha value is -4.20. The van der Waals surface area contributed by atoms with Gasteiger partial charge < -0.3 is 9.47 Å². The molecule has 1 unspecified atom stereocenters. The van der Waals surface area contributed by atoms with E-state index in [4.69, 9.17) is 0 Å². The third-order valence-electron chi connectivity index (χ3n) is 5.83. The fourth-order valence-electron chi connectivity index (χ4n) is 4.02. The SMILES string of the molecule is Cn1c(=O)c2c(ncn2CC(=O)Nc2nnc(C3CC(=O)N(c4ccc(F)cc4)C3)s2)n(C)c1=O. The Bertz CT molecular complexity index is 1590. The van der Waals surface area contributed by atoms with Gasteiger partial charge in [-0.05, 0) is 24.3 Å². The van der Waals surface area contributed by atoms with Crippen LogP contribution >= 0.6 is 11.3 Å². The van der Waals surface area contributed by atoms with Crippen molar-refractivity contribution in [1.82, 2.24) is 28.9 Å². The molecule has 3 aromatic heterocycles. The van der Waals surface area contributed by atoms with Crippen LogP contribution in [0.5, 0.6) is 0 Å². The third-order valence-corrected chi connectivity index (χ3v) is 6.83. The summed E-state index contributed by atoms with van der Waals surface area (Å²) in [6, 6.07) is 5.69. The van der Waals surface area contributed by atoms with E-state index >= 15 is 0 Å². The lowest BCUT2D eigenvalue weighted by Crippen LogP contribution is -2.37. The summed E-state index contributed by atoms with van der Waals surface area (Å²) < 4.78 is 16.8. The topological polar surface area (TPSA) is 137 Å². The molecule has 1 aliphatic rings. The normalized spacial score (nSPS) is 15.8. The minimum atomic E-state index is -0.553. The number of anilines is 2. The first-order valence-electron chi connectivity index (χ1n) is 10.5. The number of hydrogen-bond donors (Lipinski definition) is 1. The van der Waals surface area contributed by atoms with E-state index in [9.17, 15) is 23.6 Å². The molecule has 180 valence electrons. The second-order valence-electron chi connectivity index (χ2n) is 8.13. The maximum absolute atomic E-state index is 13.2. The van der Waals surface area contributed by atoms with Crippen LogP contribution in [0.15, 0.2) is 40.2 Å². The molecule has 0 radical (unpaired) electrons. The summed E-state index contributed by atoms with van der Waals surface area (Å²) >= 11 is 1.16. The molecule has 0 saturated carbocycles. The van der Waals surface area contributed by atoms with Gasteiger partial charge in [-0.25, -0.2) is 14.2 Å². The van der Waals surface area contributed by atoms with Crippen molar-refractivity contribution in [2.24, 2.45) is 14.1 Å². The molecule has 4 heterocycles. The first-order valence-corrected chi connectivity index (χ1v) is 11.3. The van der Waals surface area contributed by atoms with Gasteiger partial charge >= 0.3 is 5.69 Å². The Morgan fingerprint density at radius 3 is 2.63 bits per heavy atom. The number of aromatic nitrogens is 6. The molecule has 12 nitrogen and oxygen atoms in total. The first kappa shape index (κ1) is 22.6. The van der Waals surface area contributed by atoms with Gasteiger partial charge in [-0.15, -0.1) is 10.2 Å². The van der Waals surface area contributed by atoms with Crippen LogP contribution in [-0.4, -0.2) is 47.2 Å². The van der Waals surface area contributed by atoms with Gasteiger partial charge in [-0.3, -0.25) is 28.8 Å². The predicted molar refractivity (Wildman–Crippen MR) is 125 cm³/mol. The number of carbonyl (C=O) groups is 2. The number of rotatable bonds is 5. The number of carbonyl (C=O) groups excluding carboxylic acids is 2. The molecule has 1 aromatic carbocycles. The molecule has 1 fully saturated rings. The highest BCUT2D eigenvalue weighted by Gasteiger charge is 2.34. The van der Waals surface area contributed by atoms with Gasteiger partial charge in [0.2, 0.25) is 16.9 Å². The van der Waals surface area contributed by atoms with E-state index in [1.807, 2.05) is 0 Å². The Kier molecular flexibility index (Phi) is 5.51. The number of imidazole rings is 1. The number of amides is 2. The van der Waals surface area contributed by atoms with Gasteiger partial charge in [0.05, 0.1) is 6.33 Å². The van der Waals surface area contributed by atoms with Crippen LogP contribution < -0.4 is 21.5 Å². The highest BCUT2D eigenvalue weighted by molar-refractivity contribution is 7.15. The van der Waals surface area contributed by atoms with Crippen LogP contribution in [0.2, 0.25) is 0 Å². The molecule has 14 heteroatoms. The van der Waals surface area contributed by atoms with E-state index in [-0.39, 0.29) is 46.9 Å². The minimum Gasteiger partial charge on any atom is -0.315 e. The number of benzene rings is 1. The monoisotopic (exact) mass is 498 g/mol. The number of hydrogen-bond acceptors (Lipinski definition) is 8. The van der Waals surface area contributed by atoms with Crippen LogP contribution in [0.25, 0.3) is 11.2 Å². The van der Waals surface area contributed by atoms with E-state index in [1.54, 1.807) is 17.0 Å². The summed E-state index contributed by atoms with van der Waals surface area (Å²) in [6.07, 6.45) is 1.55. The molecule has 35 heavy (non-hydrogen) atoms. The van der Waals surface area contributed by atoms with Gasteiger partial charge in [0.1, 0.15) is 17.4 Å². The van der Waals surface area contributed by atoms with Crippen molar-refractivity contribution in [3.63, 3.8) is 0 Å². The van der Waals surface area contributed by atoms with Crippen LogP contribution in [0.3, 0.4) is 0 Å². The van der Waals surface area contributed by atoms with Gasteiger partial charge in [0.25, 0.3) is 5.56 Å². The van der Waals surface area contributed by atoms with Crippen molar-refractivity contribution in [2.75, 3.05) is 16.8 Å². The Balaban J connectivity index is 1.29. The molecule has 0 spiro atoms. The molecule has 1 atom stereocenters. The van der Waals surface area contributed by atoms with Crippen molar-refractivity contribution < 1.29 is 14.0 Å². The quantitative estimate of drug-likeness (QED) is 0.425. The lowest BCUT2D eigenvalue weighted by molar-refractivity contribution is -0.117. The van der Waals surface area contributed by atoms with Crippen molar-refractivity contribution in [3.8, 4) is 0 Å². The summed E-state index contributed by atoms with van der Waals surface area (Å²) in [5.41, 5.74) is -0.146. The Morgan fingerprint density at radius 1 is 1.14 bits per heavy atom. The van der Waals surface area contributed by atoms with Crippen LogP contribution in [0.4, 0.5) is 15.2 Å². The smallest absolute Gasteiger partial charge is 0.315 e. The average Bonchev–Trinajstić information content (AvgIpc) is 3.56. The largest absolute Gasteiger partial charge is 0.332 e. The maximum atomic E-state index is 13.2. The van der Waals surface area contributed by atoms with Gasteiger partial charge in [-0.2, -0.15) is 0 Å². The highest BCUT2D eigenvalue weighted by Crippen LogP contribution is 2.34. The van der Waals surface area contributed by atoms with Crippen molar-refractivity contribution in [2.45, 2.75) is 18.9 Å². The standard InChI is InChI=1S/C21H19FN8O4S/c1-27-17-16(19(33)28(2)21(27)34)29(10-23-17)9-14(31)24-20-26-25-18(35-20)11-7-15(32)30(8-11)13-5-3-12(22)4-6-13/h3-6,10-11H,7-9H2,1-2H3,(H,24,26,31). The molecule has 1 N–H and O–H groups in total. The summed E-state index contributed by atoms with van der Waals surface area (Å²) in [5.74, 6) is -1.16. The molecule has 1 saturated heterocycles. The zero-order chi connectivity index (χ0) is 24.9. The van der Waals surface area contributed by atoms with Crippen molar-refractivity contribution >= 4 is 45.1 Å². The second-order valence-corrected chi connectivity index (χ2v) is 9.13. The summed E-state index contributed by atoms with van der Waals surface area (Å²) in [5, 5.41) is 11.6. The number of fused-ring (bicyclic) bond motifs is 1. The third kappa shape index (κ3) is 4.01. The highest BCUT2D eigenvalue weighted by atomic mass is 32.1. The summed E-state index contributed by atoms with van der Waals surface area (Å²) in [4.78, 5) is 55.4. The Morgan fingerprint density at radius 2 is 1.89 bits per heavy atom. The van der Waals surface area contributed by atoms with E-state index in [1.165, 1.54) is 41.7 Å². The Labute approximate surface area is 200 Å². The molecule has 4 aromatic rings. The lowest BCUT2D eigenvalue weighted by atomic mass is 10.1. The maximum Gasteiger partial charge on any atom is 0.332 e. The molecule has 0 bridgehead atoms. The summed E-state index contributed by atoms with van der Waals surface area (Å²) in [7, 11) is 2.85. The lowest BCUT2D eigenvalue weighted by Gasteiger charge is -2.16. The zero-order valence-corrected chi connectivity index (χ0v) is 19.5. The number of nitrogens with one attached hydrogen (secondary N) is 1. The molecule has 5 rings (SSSR count). The first-order chi connectivity index (χ1) is 16.7. The average molecular weight is 499 g/mol. The van der Waals surface area contributed by atoms with Gasteiger partial charge in [0, 0.05) is 38.7 Å². The fourth-order valence-corrected chi connectivity index (χ4v) is 4.87. The van der Waals surface area contributed by atoms with E-state index in [0.29, 0.717) is 17.2 Å².